The van der Waals surface area contributed by atoms with Crippen LogP contribution in [-0.2, 0) is 6.54 Å². The van der Waals surface area contributed by atoms with Crippen molar-refractivity contribution in [3.63, 3.8) is 0 Å². The third kappa shape index (κ3) is 5.76. The van der Waals surface area contributed by atoms with Crippen LogP contribution in [0.25, 0.3) is 11.3 Å². The summed E-state index contributed by atoms with van der Waals surface area (Å²) in [5.41, 5.74) is 10.8. The first-order valence-electron chi connectivity index (χ1n) is 11.9. The number of nitrogens with one attached hydrogen (secondary N) is 2. The van der Waals surface area contributed by atoms with Gasteiger partial charge in [0.15, 0.2) is 16.7 Å². The Morgan fingerprint density at radius 2 is 1.61 bits per heavy atom. The van der Waals surface area contributed by atoms with Crippen molar-refractivity contribution in [2.45, 2.75) is 6.54 Å². The average molecular weight is 497 g/mol. The molecule has 0 unspecified atom stereocenters. The van der Waals surface area contributed by atoms with E-state index in [-0.39, 0.29) is 0 Å². The molecule has 2 aromatic heterocycles. The molecule has 182 valence electrons. The normalized spacial score (nSPS) is 13.8. The van der Waals surface area contributed by atoms with Crippen molar-refractivity contribution in [1.82, 2.24) is 20.1 Å². The van der Waals surface area contributed by atoms with Crippen molar-refractivity contribution >= 4 is 40.3 Å². The smallest absolute Gasteiger partial charge is 0.176 e. The Balaban J connectivity index is 1.17. The minimum absolute atomic E-state index is 0.472. The summed E-state index contributed by atoms with van der Waals surface area (Å²) in [4.78, 5) is 9.13. The number of piperazine rings is 1. The van der Waals surface area contributed by atoms with E-state index in [4.69, 9.17) is 18.0 Å². The van der Waals surface area contributed by atoms with Crippen molar-refractivity contribution in [1.29, 1.82) is 0 Å². The van der Waals surface area contributed by atoms with Crippen LogP contribution in [0.3, 0.4) is 0 Å². The molecule has 1 aliphatic rings. The number of thiocarbonyl (C=S) groups is 1. The van der Waals surface area contributed by atoms with E-state index in [0.717, 1.165) is 61.2 Å². The van der Waals surface area contributed by atoms with Gasteiger partial charge in [-0.1, -0.05) is 48.5 Å². The maximum absolute atomic E-state index is 6.11. The highest BCUT2D eigenvalue weighted by molar-refractivity contribution is 7.80. The summed E-state index contributed by atoms with van der Waals surface area (Å²) in [6, 6.07) is 25.8. The Kier molecular flexibility index (Phi) is 7.30. The number of nitrogen functional groups attached to an aromatic ring is 1. The molecule has 2 aromatic carbocycles. The second-order valence-corrected chi connectivity index (χ2v) is 8.99. The predicted molar refractivity (Wildman–Crippen MR) is 150 cm³/mol. The van der Waals surface area contributed by atoms with Gasteiger partial charge in [-0.15, -0.1) is 10.2 Å². The molecule has 3 heterocycles. The number of nitrogens with zero attached hydrogens (tertiary/aromatic N) is 5. The van der Waals surface area contributed by atoms with Crippen molar-refractivity contribution in [3.05, 3.63) is 90.6 Å². The van der Waals surface area contributed by atoms with E-state index in [0.29, 0.717) is 10.9 Å². The monoisotopic (exact) mass is 496 g/mol. The number of hydrogen-bond acceptors (Lipinski definition) is 7. The average Bonchev–Trinajstić information content (AvgIpc) is 2.91. The second kappa shape index (κ2) is 11.1. The predicted octanol–water partition coefficient (Wildman–Crippen LogP) is 4.25. The second-order valence-electron chi connectivity index (χ2n) is 8.59. The highest BCUT2D eigenvalue weighted by Gasteiger charge is 2.20. The zero-order valence-corrected chi connectivity index (χ0v) is 20.7. The fourth-order valence-electron chi connectivity index (χ4n) is 4.24. The molecule has 36 heavy (non-hydrogen) atoms. The molecule has 1 aliphatic heterocycles. The molecular weight excluding hydrogens is 468 g/mol. The minimum atomic E-state index is 0.472. The van der Waals surface area contributed by atoms with Crippen molar-refractivity contribution in [2.75, 3.05) is 47.4 Å². The molecule has 1 saturated heterocycles. The molecule has 0 aliphatic carbocycles. The van der Waals surface area contributed by atoms with Crippen LogP contribution in [-0.4, -0.2) is 51.4 Å². The lowest BCUT2D eigenvalue weighted by Crippen LogP contribution is -2.46. The molecule has 1 fully saturated rings. The van der Waals surface area contributed by atoms with E-state index in [1.54, 1.807) is 6.20 Å². The summed E-state index contributed by atoms with van der Waals surface area (Å²) in [5.74, 6) is 1.46. The quantitative estimate of drug-likeness (QED) is 0.339. The topological polar surface area (TPSA) is 95.2 Å². The largest absolute Gasteiger partial charge is 0.396 e. The van der Waals surface area contributed by atoms with Gasteiger partial charge in [0.05, 0.1) is 11.4 Å². The van der Waals surface area contributed by atoms with Gasteiger partial charge in [0.1, 0.15) is 0 Å². The first-order chi connectivity index (χ1) is 17.7. The lowest BCUT2D eigenvalue weighted by molar-refractivity contribution is 0.250. The highest BCUT2D eigenvalue weighted by atomic mass is 32.1. The molecule has 8 nitrogen and oxygen atoms in total. The van der Waals surface area contributed by atoms with E-state index in [9.17, 15) is 0 Å². The molecule has 0 saturated carbocycles. The highest BCUT2D eigenvalue weighted by Crippen LogP contribution is 2.23. The van der Waals surface area contributed by atoms with Gasteiger partial charge in [0.25, 0.3) is 0 Å². The van der Waals surface area contributed by atoms with Gasteiger partial charge in [-0.25, -0.2) is 4.98 Å². The maximum Gasteiger partial charge on any atom is 0.176 e. The minimum Gasteiger partial charge on any atom is -0.396 e. The molecule has 0 atom stereocenters. The third-order valence-electron chi connectivity index (χ3n) is 6.12. The lowest BCUT2D eigenvalue weighted by atomic mass is 10.1. The number of rotatable bonds is 6. The Morgan fingerprint density at radius 1 is 0.833 bits per heavy atom. The fourth-order valence-corrected chi connectivity index (χ4v) is 4.46. The maximum atomic E-state index is 6.11. The Bertz CT molecular complexity index is 1300. The lowest BCUT2D eigenvalue weighted by Gasteiger charge is -2.36. The van der Waals surface area contributed by atoms with Crippen LogP contribution in [0.1, 0.15) is 5.56 Å². The van der Waals surface area contributed by atoms with Gasteiger partial charge in [0.2, 0.25) is 0 Å². The van der Waals surface area contributed by atoms with Crippen LogP contribution < -0.4 is 21.3 Å². The Hall–Kier alpha value is -4.08. The molecule has 0 radical (unpaired) electrons. The summed E-state index contributed by atoms with van der Waals surface area (Å²) >= 11 is 5.56. The Morgan fingerprint density at radius 3 is 2.36 bits per heavy atom. The van der Waals surface area contributed by atoms with Crippen LogP contribution in [0.5, 0.6) is 0 Å². The van der Waals surface area contributed by atoms with E-state index >= 15 is 0 Å². The molecule has 9 heteroatoms. The molecule has 0 spiro atoms. The summed E-state index contributed by atoms with van der Waals surface area (Å²) in [6.45, 7) is 4.44. The number of hydrogen-bond donors (Lipinski definition) is 3. The molecule has 0 bridgehead atoms. The van der Waals surface area contributed by atoms with Gasteiger partial charge in [-0.3, -0.25) is 4.90 Å². The van der Waals surface area contributed by atoms with Crippen molar-refractivity contribution in [2.24, 2.45) is 0 Å². The summed E-state index contributed by atoms with van der Waals surface area (Å²) in [5, 5.41) is 15.5. The van der Waals surface area contributed by atoms with Gasteiger partial charge < -0.3 is 21.3 Å². The van der Waals surface area contributed by atoms with E-state index < -0.39 is 0 Å². The summed E-state index contributed by atoms with van der Waals surface area (Å²) in [6.07, 6.45) is 1.79. The number of aromatic nitrogens is 3. The van der Waals surface area contributed by atoms with E-state index in [1.165, 1.54) is 5.56 Å². The SMILES string of the molecule is Nc1cccnc1N1CCN(Cc2ccccc2NC(=S)Nc2ccc(-c3ccccc3)nn2)CC1. The van der Waals surface area contributed by atoms with Crippen LogP contribution >= 0.6 is 12.2 Å². The van der Waals surface area contributed by atoms with Crippen LogP contribution in [0.4, 0.5) is 23.0 Å². The Labute approximate surface area is 216 Å². The van der Waals surface area contributed by atoms with E-state index in [1.807, 2.05) is 66.7 Å². The van der Waals surface area contributed by atoms with Crippen LogP contribution in [0, 0.1) is 0 Å². The number of pyridine rings is 1. The van der Waals surface area contributed by atoms with Gasteiger partial charge >= 0.3 is 0 Å². The third-order valence-corrected chi connectivity index (χ3v) is 6.33. The zero-order chi connectivity index (χ0) is 24.7. The number of benzene rings is 2. The first-order valence-corrected chi connectivity index (χ1v) is 12.3. The standard InChI is InChI=1S/C27H28N8S/c28-22-10-6-14-29-26(22)35-17-15-34(16-18-35)19-21-9-4-5-11-23(21)30-27(36)31-25-13-12-24(32-33-25)20-7-2-1-3-8-20/h1-14H,15-19,28H2,(H2,30,31,33,36). The molecular formula is C27H28N8S. The number of nitrogens with two attached hydrogens (primary N) is 1. The van der Waals surface area contributed by atoms with Crippen molar-refractivity contribution in [3.8, 4) is 11.3 Å². The van der Waals surface area contributed by atoms with Crippen LogP contribution in [0.2, 0.25) is 0 Å². The van der Waals surface area contributed by atoms with Crippen LogP contribution in [0.15, 0.2) is 85.1 Å². The fraction of sp³-hybridized carbons (Fsp3) is 0.185. The first kappa shape index (κ1) is 23.7. The van der Waals surface area contributed by atoms with E-state index in [2.05, 4.69) is 47.7 Å². The van der Waals surface area contributed by atoms with Gasteiger partial charge in [0, 0.05) is 50.2 Å². The summed E-state index contributed by atoms with van der Waals surface area (Å²) in [7, 11) is 0. The van der Waals surface area contributed by atoms with Gasteiger partial charge in [-0.05, 0) is 48.1 Å². The molecule has 0 amide bonds. The van der Waals surface area contributed by atoms with Gasteiger partial charge in [-0.2, -0.15) is 0 Å². The summed E-state index contributed by atoms with van der Waals surface area (Å²) < 4.78 is 0. The molecule has 4 aromatic rings. The molecule has 5 rings (SSSR count). The zero-order valence-electron chi connectivity index (χ0n) is 19.8. The number of para-hydroxylation sites is 1. The number of anilines is 4. The molecule has 4 N–H and O–H groups in total. The van der Waals surface area contributed by atoms with Crippen molar-refractivity contribution < 1.29 is 0 Å².